The summed E-state index contributed by atoms with van der Waals surface area (Å²) < 4.78 is 15.6. The highest BCUT2D eigenvalue weighted by Crippen LogP contribution is 2.35. The summed E-state index contributed by atoms with van der Waals surface area (Å²) in [6.07, 6.45) is -0.814. The zero-order valence-electron chi connectivity index (χ0n) is 11.1. The molecule has 0 saturated carbocycles. The maximum absolute atomic E-state index is 11.8. The first-order valence-corrected chi connectivity index (χ1v) is 5.93. The van der Waals surface area contributed by atoms with Crippen molar-refractivity contribution in [3.8, 4) is 0 Å². The second-order valence-electron chi connectivity index (χ2n) is 4.44. The number of nitrogens with zero attached hydrogens (tertiary/aromatic N) is 1. The van der Waals surface area contributed by atoms with Crippen molar-refractivity contribution in [2.75, 3.05) is 20.8 Å². The third-order valence-electron chi connectivity index (χ3n) is 3.39. The number of urea groups is 1. The van der Waals surface area contributed by atoms with E-state index in [1.165, 1.54) is 26.5 Å². The molecule has 2 aliphatic rings. The number of ether oxygens (including phenoxy) is 3. The minimum absolute atomic E-state index is 0.432. The molecule has 0 aliphatic carbocycles. The molecular weight excluding hydrogens is 272 g/mol. The molecule has 0 aromatic rings. The van der Waals surface area contributed by atoms with Crippen molar-refractivity contribution in [3.05, 3.63) is 12.3 Å². The van der Waals surface area contributed by atoms with Gasteiger partial charge in [-0.1, -0.05) is 0 Å². The van der Waals surface area contributed by atoms with Crippen LogP contribution in [0, 0.1) is 0 Å². The van der Waals surface area contributed by atoms with Crippen LogP contribution in [-0.4, -0.2) is 72.1 Å². The molecule has 0 spiro atoms. The SMILES string of the molecule is COC1C(N2C=CC(=O)[NH2+]C2=O)OC(CO)(OC)C1O. The van der Waals surface area contributed by atoms with Gasteiger partial charge in [0.1, 0.15) is 18.8 Å². The van der Waals surface area contributed by atoms with Gasteiger partial charge in [-0.25, -0.2) is 14.5 Å². The Bertz CT molecular complexity index is 434. The Balaban J connectivity index is 2.29. The van der Waals surface area contributed by atoms with Crippen molar-refractivity contribution in [2.45, 2.75) is 24.2 Å². The Morgan fingerprint density at radius 1 is 1.50 bits per heavy atom. The summed E-state index contributed by atoms with van der Waals surface area (Å²) in [5.41, 5.74) is 0. The molecule has 0 aromatic carbocycles. The average molecular weight is 289 g/mol. The number of carbonyl (C=O) groups excluding carboxylic acids is 2. The average Bonchev–Trinajstić information content (AvgIpc) is 2.71. The highest BCUT2D eigenvalue weighted by Gasteiger charge is 2.58. The van der Waals surface area contributed by atoms with Gasteiger partial charge in [-0.3, -0.25) is 0 Å². The van der Waals surface area contributed by atoms with E-state index in [0.29, 0.717) is 0 Å². The van der Waals surface area contributed by atoms with Gasteiger partial charge in [0.05, 0.1) is 6.08 Å². The van der Waals surface area contributed by atoms with Gasteiger partial charge in [0, 0.05) is 20.4 Å². The third kappa shape index (κ3) is 2.24. The Morgan fingerprint density at radius 2 is 2.20 bits per heavy atom. The number of amides is 3. The Labute approximate surface area is 114 Å². The van der Waals surface area contributed by atoms with E-state index in [9.17, 15) is 19.8 Å². The quantitative estimate of drug-likeness (QED) is 0.507. The summed E-state index contributed by atoms with van der Waals surface area (Å²) in [5.74, 6) is -2.11. The van der Waals surface area contributed by atoms with E-state index in [1.54, 1.807) is 0 Å². The number of hydrogen-bond acceptors (Lipinski definition) is 7. The summed E-state index contributed by atoms with van der Waals surface area (Å²) in [6.45, 7) is -0.616. The first kappa shape index (κ1) is 15.0. The van der Waals surface area contributed by atoms with Gasteiger partial charge in [0.25, 0.3) is 0 Å². The van der Waals surface area contributed by atoms with Crippen molar-refractivity contribution in [3.63, 3.8) is 0 Å². The van der Waals surface area contributed by atoms with E-state index in [1.807, 2.05) is 0 Å². The minimum Gasteiger partial charge on any atom is -0.391 e. The molecular formula is C11H17N2O7+. The fourth-order valence-corrected chi connectivity index (χ4v) is 2.25. The van der Waals surface area contributed by atoms with Gasteiger partial charge in [0.2, 0.25) is 5.79 Å². The number of imide groups is 1. The van der Waals surface area contributed by atoms with Crippen LogP contribution in [0.3, 0.4) is 0 Å². The molecule has 9 heteroatoms. The van der Waals surface area contributed by atoms with Crippen molar-refractivity contribution < 1.29 is 39.3 Å². The molecule has 1 fully saturated rings. The van der Waals surface area contributed by atoms with E-state index in [4.69, 9.17) is 14.2 Å². The molecule has 4 unspecified atom stereocenters. The van der Waals surface area contributed by atoms with Gasteiger partial charge >= 0.3 is 11.9 Å². The lowest BCUT2D eigenvalue weighted by molar-refractivity contribution is -0.477. The largest absolute Gasteiger partial charge is 0.429 e. The van der Waals surface area contributed by atoms with Gasteiger partial charge in [0.15, 0.2) is 6.23 Å². The van der Waals surface area contributed by atoms with Crippen molar-refractivity contribution in [2.24, 2.45) is 0 Å². The first-order valence-electron chi connectivity index (χ1n) is 5.93. The number of rotatable bonds is 4. The molecule has 4 N–H and O–H groups in total. The van der Waals surface area contributed by atoms with Crippen molar-refractivity contribution >= 4 is 11.9 Å². The zero-order chi connectivity index (χ0) is 14.9. The molecule has 0 aromatic heterocycles. The van der Waals surface area contributed by atoms with Crippen molar-refractivity contribution in [1.82, 2.24) is 4.90 Å². The fourth-order valence-electron chi connectivity index (χ4n) is 2.25. The lowest BCUT2D eigenvalue weighted by atomic mass is 10.1. The van der Waals surface area contributed by atoms with Crippen LogP contribution in [0.15, 0.2) is 12.3 Å². The molecule has 112 valence electrons. The lowest BCUT2D eigenvalue weighted by Crippen LogP contribution is -2.95. The van der Waals surface area contributed by atoms with Gasteiger partial charge in [-0.05, 0) is 0 Å². The van der Waals surface area contributed by atoms with Crippen LogP contribution in [0.25, 0.3) is 0 Å². The number of nitrogens with two attached hydrogens (primary N) is 1. The molecule has 1 saturated heterocycles. The van der Waals surface area contributed by atoms with E-state index < -0.39 is 42.8 Å². The summed E-state index contributed by atoms with van der Waals surface area (Å²) in [6, 6.07) is -0.596. The zero-order valence-corrected chi connectivity index (χ0v) is 11.1. The van der Waals surface area contributed by atoms with Gasteiger partial charge < -0.3 is 24.4 Å². The summed E-state index contributed by atoms with van der Waals surface area (Å²) >= 11 is 0. The molecule has 2 heterocycles. The smallest absolute Gasteiger partial charge is 0.391 e. The minimum atomic E-state index is -1.68. The summed E-state index contributed by atoms with van der Waals surface area (Å²) in [4.78, 5) is 24.0. The molecule has 0 bridgehead atoms. The number of aliphatic hydroxyl groups excluding tert-OH is 2. The second-order valence-corrected chi connectivity index (χ2v) is 4.44. The van der Waals surface area contributed by atoms with Crippen LogP contribution in [-0.2, 0) is 19.0 Å². The lowest BCUT2D eigenvalue weighted by Gasteiger charge is -2.29. The molecule has 2 rings (SSSR count). The molecule has 2 aliphatic heterocycles. The third-order valence-corrected chi connectivity index (χ3v) is 3.39. The number of aliphatic hydroxyl groups is 2. The van der Waals surface area contributed by atoms with E-state index >= 15 is 0 Å². The number of primary amides is 2. The molecule has 9 nitrogen and oxygen atoms in total. The molecule has 4 atom stereocenters. The molecule has 3 amide bonds. The predicted molar refractivity (Wildman–Crippen MR) is 61.8 cm³/mol. The summed E-state index contributed by atoms with van der Waals surface area (Å²) in [5, 5.41) is 20.4. The van der Waals surface area contributed by atoms with Crippen LogP contribution < -0.4 is 5.32 Å². The maximum Gasteiger partial charge on any atom is 0.429 e. The topological polar surface area (TPSA) is 122 Å². The second kappa shape index (κ2) is 5.56. The van der Waals surface area contributed by atoms with Crippen LogP contribution in [0.2, 0.25) is 0 Å². The number of hydrogen-bond donors (Lipinski definition) is 3. The Hall–Kier alpha value is -1.36. The van der Waals surface area contributed by atoms with E-state index in [2.05, 4.69) is 0 Å². The maximum atomic E-state index is 11.8. The Kier molecular flexibility index (Phi) is 4.18. The first-order chi connectivity index (χ1) is 9.49. The molecule has 0 radical (unpaired) electrons. The van der Waals surface area contributed by atoms with Gasteiger partial charge in [-0.2, -0.15) is 5.32 Å². The normalized spacial score (nSPS) is 37.8. The number of carbonyl (C=O) groups is 2. The fraction of sp³-hybridized carbons (Fsp3) is 0.636. The van der Waals surface area contributed by atoms with Crippen molar-refractivity contribution in [1.29, 1.82) is 0 Å². The van der Waals surface area contributed by atoms with Gasteiger partial charge in [-0.15, -0.1) is 0 Å². The highest BCUT2D eigenvalue weighted by atomic mass is 16.7. The number of quaternary nitrogens is 1. The van der Waals surface area contributed by atoms with Crippen LogP contribution in [0.1, 0.15) is 0 Å². The predicted octanol–water partition coefficient (Wildman–Crippen LogP) is -2.91. The van der Waals surface area contributed by atoms with E-state index in [0.717, 1.165) is 10.2 Å². The Morgan fingerprint density at radius 3 is 2.70 bits per heavy atom. The van der Waals surface area contributed by atoms with Crippen LogP contribution >= 0.6 is 0 Å². The highest BCUT2D eigenvalue weighted by molar-refractivity contribution is 5.89. The monoisotopic (exact) mass is 289 g/mol. The van der Waals surface area contributed by atoms with Crippen LogP contribution in [0.4, 0.5) is 4.79 Å². The standard InChI is InChI=1S/C11H16N2O7/c1-18-7-8(16)11(5-14,19-2)20-9(7)13-4-3-6(15)12-10(13)17/h3-4,7-9,14,16H,5H2,1-2H3,(H,12,15,17)/p+1. The van der Waals surface area contributed by atoms with E-state index in [-0.39, 0.29) is 0 Å². The summed E-state index contributed by atoms with van der Waals surface area (Å²) in [7, 11) is 2.60. The molecule has 20 heavy (non-hydrogen) atoms. The number of methoxy groups -OCH3 is 2. The van der Waals surface area contributed by atoms with Crippen LogP contribution in [0.5, 0.6) is 0 Å².